The molecule has 1 aliphatic heterocycles. The summed E-state index contributed by atoms with van der Waals surface area (Å²) in [5, 5.41) is 17.9. The van der Waals surface area contributed by atoms with Crippen LogP contribution in [0.4, 0.5) is 5.82 Å². The van der Waals surface area contributed by atoms with Crippen molar-refractivity contribution >= 4 is 16.6 Å². The SMILES string of the molecule is Cc1nnc(NC2C3CNCC32)c2ccccc12. The van der Waals surface area contributed by atoms with Crippen molar-refractivity contribution in [1.29, 1.82) is 0 Å². The molecule has 0 spiro atoms. The van der Waals surface area contributed by atoms with Crippen molar-refractivity contribution in [2.75, 3.05) is 18.4 Å². The molecular formula is C14H16N4. The second-order valence-electron chi connectivity index (χ2n) is 5.34. The fraction of sp³-hybridized carbons (Fsp3) is 0.429. The number of anilines is 1. The third-order valence-electron chi connectivity index (χ3n) is 4.27. The normalized spacial score (nSPS) is 29.3. The van der Waals surface area contributed by atoms with Crippen LogP contribution in [0, 0.1) is 18.8 Å². The van der Waals surface area contributed by atoms with Crippen LogP contribution in [0.2, 0.25) is 0 Å². The Bertz CT molecular complexity index is 600. The highest BCUT2D eigenvalue weighted by Crippen LogP contribution is 2.44. The van der Waals surface area contributed by atoms with E-state index in [2.05, 4.69) is 45.1 Å². The lowest BCUT2D eigenvalue weighted by atomic mass is 10.1. The fourth-order valence-corrected chi connectivity index (χ4v) is 3.13. The van der Waals surface area contributed by atoms with E-state index in [4.69, 9.17) is 0 Å². The summed E-state index contributed by atoms with van der Waals surface area (Å²) in [5.41, 5.74) is 0.994. The molecular weight excluding hydrogens is 224 g/mol. The smallest absolute Gasteiger partial charge is 0.156 e. The number of benzene rings is 1. The Kier molecular flexibility index (Phi) is 2.08. The zero-order valence-corrected chi connectivity index (χ0v) is 10.4. The molecule has 2 aliphatic rings. The van der Waals surface area contributed by atoms with Crippen molar-refractivity contribution < 1.29 is 0 Å². The van der Waals surface area contributed by atoms with E-state index in [1.54, 1.807) is 0 Å². The number of hydrogen-bond acceptors (Lipinski definition) is 4. The third kappa shape index (κ3) is 1.42. The molecule has 1 aromatic heterocycles. The summed E-state index contributed by atoms with van der Waals surface area (Å²) in [6.45, 7) is 4.29. The lowest BCUT2D eigenvalue weighted by molar-refractivity contribution is 0.695. The molecule has 4 heteroatoms. The summed E-state index contributed by atoms with van der Waals surface area (Å²) in [6.07, 6.45) is 0. The first-order valence-corrected chi connectivity index (χ1v) is 6.54. The summed E-state index contributed by atoms with van der Waals surface area (Å²) in [7, 11) is 0. The summed E-state index contributed by atoms with van der Waals surface area (Å²) in [6, 6.07) is 8.93. The predicted molar refractivity (Wildman–Crippen MR) is 71.5 cm³/mol. The molecule has 4 rings (SSSR count). The Balaban J connectivity index is 1.70. The lowest BCUT2D eigenvalue weighted by Crippen LogP contribution is -2.22. The largest absolute Gasteiger partial charge is 0.365 e. The van der Waals surface area contributed by atoms with Gasteiger partial charge in [0.25, 0.3) is 0 Å². The second-order valence-corrected chi connectivity index (χ2v) is 5.34. The van der Waals surface area contributed by atoms with Crippen LogP contribution < -0.4 is 10.6 Å². The minimum atomic E-state index is 0.590. The minimum Gasteiger partial charge on any atom is -0.365 e. The number of rotatable bonds is 2. The van der Waals surface area contributed by atoms with Gasteiger partial charge in [-0.15, -0.1) is 5.10 Å². The molecule has 2 heterocycles. The maximum atomic E-state index is 4.33. The highest BCUT2D eigenvalue weighted by molar-refractivity contribution is 5.93. The molecule has 0 amide bonds. The first kappa shape index (κ1) is 10.3. The van der Waals surface area contributed by atoms with Crippen LogP contribution in [-0.4, -0.2) is 29.3 Å². The lowest BCUT2D eigenvalue weighted by Gasteiger charge is -2.11. The van der Waals surface area contributed by atoms with Crippen LogP contribution >= 0.6 is 0 Å². The molecule has 1 aromatic carbocycles. The predicted octanol–water partition coefficient (Wildman–Crippen LogP) is 1.57. The average molecular weight is 240 g/mol. The molecule has 0 bridgehead atoms. The monoisotopic (exact) mass is 240 g/mol. The first-order chi connectivity index (χ1) is 8.84. The maximum absolute atomic E-state index is 4.33. The van der Waals surface area contributed by atoms with Gasteiger partial charge in [-0.05, 0) is 18.8 Å². The second kappa shape index (κ2) is 3.65. The molecule has 2 aromatic rings. The van der Waals surface area contributed by atoms with Crippen molar-refractivity contribution in [3.8, 4) is 0 Å². The van der Waals surface area contributed by atoms with Gasteiger partial charge in [-0.3, -0.25) is 0 Å². The Morgan fingerprint density at radius 2 is 1.83 bits per heavy atom. The van der Waals surface area contributed by atoms with E-state index in [0.29, 0.717) is 6.04 Å². The summed E-state index contributed by atoms with van der Waals surface area (Å²) < 4.78 is 0. The third-order valence-corrected chi connectivity index (χ3v) is 4.27. The van der Waals surface area contributed by atoms with E-state index in [0.717, 1.165) is 36.4 Å². The van der Waals surface area contributed by atoms with Crippen molar-refractivity contribution in [3.05, 3.63) is 30.0 Å². The van der Waals surface area contributed by atoms with Crippen LogP contribution in [0.1, 0.15) is 5.69 Å². The molecule has 2 atom stereocenters. The van der Waals surface area contributed by atoms with E-state index >= 15 is 0 Å². The Hall–Kier alpha value is -1.68. The van der Waals surface area contributed by atoms with Crippen LogP contribution in [0.3, 0.4) is 0 Å². The molecule has 1 saturated heterocycles. The van der Waals surface area contributed by atoms with Crippen molar-refractivity contribution in [2.45, 2.75) is 13.0 Å². The topological polar surface area (TPSA) is 49.8 Å². The highest BCUT2D eigenvalue weighted by Gasteiger charge is 2.53. The molecule has 1 aliphatic carbocycles. The van der Waals surface area contributed by atoms with Gasteiger partial charge < -0.3 is 10.6 Å². The van der Waals surface area contributed by atoms with E-state index < -0.39 is 0 Å². The van der Waals surface area contributed by atoms with Gasteiger partial charge in [-0.2, -0.15) is 5.10 Å². The van der Waals surface area contributed by atoms with Crippen LogP contribution in [-0.2, 0) is 0 Å². The molecule has 18 heavy (non-hydrogen) atoms. The van der Waals surface area contributed by atoms with Crippen LogP contribution in [0.5, 0.6) is 0 Å². The van der Waals surface area contributed by atoms with Crippen molar-refractivity contribution in [3.63, 3.8) is 0 Å². The highest BCUT2D eigenvalue weighted by atomic mass is 15.2. The number of nitrogens with zero attached hydrogens (tertiary/aromatic N) is 2. The molecule has 4 nitrogen and oxygen atoms in total. The number of hydrogen-bond donors (Lipinski definition) is 2. The quantitative estimate of drug-likeness (QED) is 0.836. The molecule has 92 valence electrons. The molecule has 2 unspecified atom stereocenters. The van der Waals surface area contributed by atoms with Gasteiger partial charge in [0.15, 0.2) is 5.82 Å². The van der Waals surface area contributed by atoms with Gasteiger partial charge in [0.2, 0.25) is 0 Å². The zero-order valence-electron chi connectivity index (χ0n) is 10.4. The van der Waals surface area contributed by atoms with Gasteiger partial charge in [0, 0.05) is 29.9 Å². The number of aryl methyl sites for hydroxylation is 1. The summed E-state index contributed by atoms with van der Waals surface area (Å²) >= 11 is 0. The maximum Gasteiger partial charge on any atom is 0.156 e. The van der Waals surface area contributed by atoms with Crippen LogP contribution in [0.15, 0.2) is 24.3 Å². The molecule has 0 radical (unpaired) electrons. The first-order valence-electron chi connectivity index (χ1n) is 6.54. The average Bonchev–Trinajstić information content (AvgIpc) is 2.85. The fourth-order valence-electron chi connectivity index (χ4n) is 3.13. The Labute approximate surface area is 106 Å². The molecule has 2 N–H and O–H groups in total. The van der Waals surface area contributed by atoms with Gasteiger partial charge in [-0.25, -0.2) is 0 Å². The number of piperidine rings is 1. The number of aromatic nitrogens is 2. The van der Waals surface area contributed by atoms with Crippen LogP contribution in [0.25, 0.3) is 10.8 Å². The zero-order chi connectivity index (χ0) is 12.1. The van der Waals surface area contributed by atoms with Gasteiger partial charge >= 0.3 is 0 Å². The minimum absolute atomic E-state index is 0.590. The van der Waals surface area contributed by atoms with E-state index in [-0.39, 0.29) is 0 Å². The summed E-state index contributed by atoms with van der Waals surface area (Å²) in [4.78, 5) is 0. The molecule has 2 fully saturated rings. The number of nitrogens with one attached hydrogen (secondary N) is 2. The van der Waals surface area contributed by atoms with Gasteiger partial charge in [-0.1, -0.05) is 24.3 Å². The van der Waals surface area contributed by atoms with Gasteiger partial charge in [0.1, 0.15) is 0 Å². The Morgan fingerprint density at radius 3 is 2.61 bits per heavy atom. The van der Waals surface area contributed by atoms with E-state index in [1.807, 2.05) is 6.92 Å². The van der Waals surface area contributed by atoms with Gasteiger partial charge in [0.05, 0.1) is 5.69 Å². The van der Waals surface area contributed by atoms with E-state index in [9.17, 15) is 0 Å². The van der Waals surface area contributed by atoms with Crippen molar-refractivity contribution in [1.82, 2.24) is 15.5 Å². The van der Waals surface area contributed by atoms with E-state index in [1.165, 1.54) is 10.8 Å². The summed E-state index contributed by atoms with van der Waals surface area (Å²) in [5.74, 6) is 2.51. The Morgan fingerprint density at radius 1 is 1.11 bits per heavy atom. The number of fused-ring (bicyclic) bond motifs is 2. The standard InChI is InChI=1S/C14H16N4/c1-8-9-4-2-3-5-10(9)14(18-17-8)16-13-11-6-15-7-12(11)13/h2-5,11-13,15H,6-7H2,1H3,(H,16,18). The van der Waals surface area contributed by atoms with Crippen molar-refractivity contribution in [2.24, 2.45) is 11.8 Å². The molecule has 1 saturated carbocycles.